The molecular weight excluding hydrogens is 378 g/mol. The minimum atomic E-state index is -3.62. The molecule has 0 bridgehead atoms. The van der Waals surface area contributed by atoms with E-state index in [1.807, 2.05) is 0 Å². The Hall–Kier alpha value is -3.18. The highest BCUT2D eigenvalue weighted by Crippen LogP contribution is 2.15. The maximum atomic E-state index is 12.7. The Morgan fingerprint density at radius 3 is 2.21 bits per heavy atom. The fourth-order valence-corrected chi connectivity index (χ4v) is 4.02. The number of carbonyl (C=O) groups is 2. The molecule has 0 unspecified atom stereocenters. The first-order valence-corrected chi connectivity index (χ1v) is 10.3. The number of hydrogen-bond donors (Lipinski definition) is 1. The maximum absolute atomic E-state index is 12.7. The summed E-state index contributed by atoms with van der Waals surface area (Å²) in [6.45, 7) is -0.228. The van der Waals surface area contributed by atoms with E-state index >= 15 is 0 Å². The Morgan fingerprint density at radius 1 is 1.07 bits per heavy atom. The van der Waals surface area contributed by atoms with Crippen molar-refractivity contribution in [2.45, 2.75) is 17.4 Å². The SMILES string of the molecule is CN(C(=O)c1ccccc1)[C@@H](CCS(=O)(=O)c1ccccc1)C(=O)NCC#N. The van der Waals surface area contributed by atoms with Crippen LogP contribution in [0.25, 0.3) is 0 Å². The second-order valence-electron chi connectivity index (χ2n) is 6.09. The fourth-order valence-electron chi connectivity index (χ4n) is 2.68. The van der Waals surface area contributed by atoms with Gasteiger partial charge >= 0.3 is 0 Å². The Bertz CT molecular complexity index is 954. The van der Waals surface area contributed by atoms with E-state index in [4.69, 9.17) is 5.26 Å². The molecule has 0 saturated heterocycles. The maximum Gasteiger partial charge on any atom is 0.254 e. The third kappa shape index (κ3) is 5.41. The van der Waals surface area contributed by atoms with Crippen molar-refractivity contribution in [3.8, 4) is 6.07 Å². The minimum Gasteiger partial charge on any atom is -0.341 e. The molecule has 0 aliphatic carbocycles. The first kappa shape index (κ1) is 21.1. The lowest BCUT2D eigenvalue weighted by molar-refractivity contribution is -0.125. The van der Waals surface area contributed by atoms with Crippen molar-refractivity contribution in [2.24, 2.45) is 0 Å². The summed E-state index contributed by atoms with van der Waals surface area (Å²) in [6.07, 6.45) is -0.0937. The predicted molar refractivity (Wildman–Crippen MR) is 104 cm³/mol. The van der Waals surface area contributed by atoms with Gasteiger partial charge in [0.1, 0.15) is 12.6 Å². The van der Waals surface area contributed by atoms with Crippen molar-refractivity contribution in [1.82, 2.24) is 10.2 Å². The zero-order chi connectivity index (χ0) is 20.6. The van der Waals surface area contributed by atoms with E-state index in [1.54, 1.807) is 54.6 Å². The number of nitrogens with zero attached hydrogens (tertiary/aromatic N) is 2. The summed E-state index contributed by atoms with van der Waals surface area (Å²) in [6, 6.07) is 17.1. The van der Waals surface area contributed by atoms with Crippen molar-refractivity contribution < 1.29 is 18.0 Å². The molecule has 7 nitrogen and oxygen atoms in total. The molecule has 1 N–H and O–H groups in total. The van der Waals surface area contributed by atoms with Gasteiger partial charge in [-0.15, -0.1) is 0 Å². The predicted octanol–water partition coefficient (Wildman–Crippen LogP) is 1.63. The van der Waals surface area contributed by atoms with Crippen molar-refractivity contribution in [3.05, 3.63) is 66.2 Å². The van der Waals surface area contributed by atoms with Gasteiger partial charge in [-0.2, -0.15) is 5.26 Å². The highest BCUT2D eigenvalue weighted by Gasteiger charge is 2.29. The van der Waals surface area contributed by atoms with Crippen LogP contribution in [0.1, 0.15) is 16.8 Å². The monoisotopic (exact) mass is 399 g/mol. The van der Waals surface area contributed by atoms with Gasteiger partial charge in [0.15, 0.2) is 9.84 Å². The topological polar surface area (TPSA) is 107 Å². The molecular formula is C20H21N3O4S. The minimum absolute atomic E-state index is 0.0937. The second-order valence-corrected chi connectivity index (χ2v) is 8.20. The molecule has 2 amide bonds. The summed E-state index contributed by atoms with van der Waals surface area (Å²) in [4.78, 5) is 26.5. The van der Waals surface area contributed by atoms with Crippen LogP contribution in [0.5, 0.6) is 0 Å². The van der Waals surface area contributed by atoms with Gasteiger partial charge in [0.05, 0.1) is 16.7 Å². The van der Waals surface area contributed by atoms with E-state index in [0.717, 1.165) is 0 Å². The summed E-state index contributed by atoms with van der Waals surface area (Å²) >= 11 is 0. The van der Waals surface area contributed by atoms with E-state index in [1.165, 1.54) is 24.1 Å². The number of likely N-dealkylation sites (N-methyl/N-ethyl adjacent to an activating group) is 1. The van der Waals surface area contributed by atoms with Gasteiger partial charge in [-0.05, 0) is 30.7 Å². The molecule has 8 heteroatoms. The van der Waals surface area contributed by atoms with Crippen LogP contribution in [0, 0.1) is 11.3 Å². The van der Waals surface area contributed by atoms with E-state index in [-0.39, 0.29) is 23.6 Å². The fraction of sp³-hybridized carbons (Fsp3) is 0.250. The molecule has 1 atom stereocenters. The molecule has 2 aromatic carbocycles. The molecule has 0 fully saturated rings. The molecule has 2 aromatic rings. The zero-order valence-electron chi connectivity index (χ0n) is 15.4. The lowest BCUT2D eigenvalue weighted by atomic mass is 10.1. The summed E-state index contributed by atoms with van der Waals surface area (Å²) in [5.74, 6) is -1.29. The Labute approximate surface area is 164 Å². The smallest absolute Gasteiger partial charge is 0.254 e. The summed E-state index contributed by atoms with van der Waals surface area (Å²) < 4.78 is 25.1. The van der Waals surface area contributed by atoms with Crippen molar-refractivity contribution >= 4 is 21.7 Å². The highest BCUT2D eigenvalue weighted by atomic mass is 32.2. The third-order valence-corrected chi connectivity index (χ3v) is 5.98. The molecule has 0 aliphatic rings. The number of rotatable bonds is 8. The van der Waals surface area contributed by atoms with Crippen LogP contribution in [-0.2, 0) is 14.6 Å². The van der Waals surface area contributed by atoms with Crippen LogP contribution >= 0.6 is 0 Å². The van der Waals surface area contributed by atoms with Gasteiger partial charge in [0.25, 0.3) is 5.91 Å². The molecule has 0 radical (unpaired) electrons. The first-order chi connectivity index (χ1) is 13.4. The van der Waals surface area contributed by atoms with Crippen LogP contribution in [0.15, 0.2) is 65.6 Å². The summed E-state index contributed by atoms with van der Waals surface area (Å²) in [5.41, 5.74) is 0.383. The van der Waals surface area contributed by atoms with Crippen molar-refractivity contribution in [1.29, 1.82) is 5.26 Å². The number of benzene rings is 2. The van der Waals surface area contributed by atoms with Crippen LogP contribution in [0.4, 0.5) is 0 Å². The summed E-state index contributed by atoms with van der Waals surface area (Å²) in [7, 11) is -2.17. The normalized spacial score (nSPS) is 11.9. The number of amides is 2. The lowest BCUT2D eigenvalue weighted by Crippen LogP contribution is -2.48. The molecule has 0 aliphatic heterocycles. The molecule has 2 rings (SSSR count). The second kappa shape index (κ2) is 9.67. The van der Waals surface area contributed by atoms with Gasteiger partial charge in [-0.25, -0.2) is 8.42 Å². The van der Waals surface area contributed by atoms with Gasteiger partial charge in [0.2, 0.25) is 5.91 Å². The largest absolute Gasteiger partial charge is 0.341 e. The standard InChI is InChI=1S/C20H21N3O4S/c1-23(20(25)16-8-4-2-5-9-16)18(19(24)22-14-13-21)12-15-28(26,27)17-10-6-3-7-11-17/h2-11,18H,12,14-15H2,1H3,(H,22,24)/t18-/m0/s1. The van der Waals surface area contributed by atoms with E-state index in [9.17, 15) is 18.0 Å². The summed E-state index contributed by atoms with van der Waals surface area (Å²) in [5, 5.41) is 11.1. The average molecular weight is 399 g/mol. The Kier molecular flexibility index (Phi) is 7.29. The number of carbonyl (C=O) groups excluding carboxylic acids is 2. The molecule has 0 heterocycles. The Balaban J connectivity index is 2.21. The van der Waals surface area contributed by atoms with Crippen LogP contribution in [0.3, 0.4) is 0 Å². The first-order valence-electron chi connectivity index (χ1n) is 8.61. The van der Waals surface area contributed by atoms with E-state index in [0.29, 0.717) is 5.56 Å². The van der Waals surface area contributed by atoms with Gasteiger partial charge in [0, 0.05) is 12.6 Å². The Morgan fingerprint density at radius 2 is 1.64 bits per heavy atom. The van der Waals surface area contributed by atoms with Gasteiger partial charge in [-0.3, -0.25) is 9.59 Å². The molecule has 0 saturated carbocycles. The van der Waals surface area contributed by atoms with Gasteiger partial charge in [-0.1, -0.05) is 36.4 Å². The highest BCUT2D eigenvalue weighted by molar-refractivity contribution is 7.91. The number of nitriles is 1. The zero-order valence-corrected chi connectivity index (χ0v) is 16.2. The average Bonchev–Trinajstić information content (AvgIpc) is 2.72. The number of nitrogens with one attached hydrogen (secondary N) is 1. The molecule has 28 heavy (non-hydrogen) atoms. The van der Waals surface area contributed by atoms with E-state index in [2.05, 4.69) is 5.32 Å². The lowest BCUT2D eigenvalue weighted by Gasteiger charge is -2.27. The third-order valence-electron chi connectivity index (χ3n) is 4.22. The van der Waals surface area contributed by atoms with Crippen LogP contribution in [0.2, 0.25) is 0 Å². The van der Waals surface area contributed by atoms with Crippen LogP contribution in [-0.4, -0.2) is 50.5 Å². The van der Waals surface area contributed by atoms with E-state index < -0.39 is 27.7 Å². The number of hydrogen-bond acceptors (Lipinski definition) is 5. The molecule has 0 aromatic heterocycles. The number of sulfone groups is 1. The van der Waals surface area contributed by atoms with Crippen molar-refractivity contribution in [2.75, 3.05) is 19.3 Å². The van der Waals surface area contributed by atoms with Crippen LogP contribution < -0.4 is 5.32 Å². The molecule has 0 spiro atoms. The quantitative estimate of drug-likeness (QED) is 0.679. The van der Waals surface area contributed by atoms with Crippen molar-refractivity contribution in [3.63, 3.8) is 0 Å². The van der Waals surface area contributed by atoms with Gasteiger partial charge < -0.3 is 10.2 Å². The molecule has 146 valence electrons.